The van der Waals surface area contributed by atoms with Gasteiger partial charge in [0, 0.05) is 49.9 Å². The van der Waals surface area contributed by atoms with Crippen molar-refractivity contribution in [3.8, 4) is 22.3 Å². The van der Waals surface area contributed by atoms with E-state index in [1.54, 1.807) is 5.56 Å². The molecular formula is C53H49BN2. The van der Waals surface area contributed by atoms with Crippen LogP contribution in [-0.4, -0.2) is 12.4 Å². The monoisotopic (exact) mass is 724 g/mol. The number of anilines is 4. The molecule has 7 aromatic carbocycles. The molecule has 0 amide bonds. The van der Waals surface area contributed by atoms with Gasteiger partial charge in [0.15, 0.2) is 0 Å². The number of hydrogen-bond acceptors (Lipinski definition) is 2. The Kier molecular flexibility index (Phi) is 6.21. The molecule has 2 unspecified atom stereocenters. The topological polar surface area (TPSA) is 6.48 Å². The SMILES string of the molecule is CC(C)(C)c1cc2c3c(c1)C1(C)CCCCC1(C)N3c1c3c(cc4ccccc14)-c1ccc4ccccc4c1N(c1ccc4c(c1)C(C)(C)c1ccccc1-4)B23. The first-order valence-corrected chi connectivity index (χ1v) is 21.0. The lowest BCUT2D eigenvalue weighted by atomic mass is 9.42. The molecule has 0 N–H and O–H groups in total. The lowest BCUT2D eigenvalue weighted by molar-refractivity contribution is 0.195. The van der Waals surface area contributed by atoms with E-state index in [1.807, 2.05) is 0 Å². The van der Waals surface area contributed by atoms with Gasteiger partial charge in [-0.3, -0.25) is 0 Å². The van der Waals surface area contributed by atoms with Crippen molar-refractivity contribution in [3.63, 3.8) is 0 Å². The van der Waals surface area contributed by atoms with Crippen molar-refractivity contribution in [2.45, 2.75) is 95.9 Å². The van der Waals surface area contributed by atoms with E-state index >= 15 is 0 Å². The van der Waals surface area contributed by atoms with Crippen LogP contribution in [0, 0.1) is 0 Å². The van der Waals surface area contributed by atoms with Gasteiger partial charge in [-0.1, -0.05) is 158 Å². The standard InChI is InChI=1S/C53H49BN2/c1-50(2,3)34-29-44-49-45(30-34)54-46-41(28-33-17-9-11-19-37(33)48(46)55(49)53(7)27-15-14-26-52(44,53)6)40-24-22-32-16-8-10-18-36(32)47(40)56(54)35-23-25-39-38-20-12-13-21-42(38)51(4,5)43(39)31-35/h8-13,16-25,28-31H,14-15,26-27H2,1-7H3. The van der Waals surface area contributed by atoms with Gasteiger partial charge in [-0.05, 0) is 104 Å². The Morgan fingerprint density at radius 2 is 1.23 bits per heavy atom. The lowest BCUT2D eigenvalue weighted by Gasteiger charge is -2.53. The molecule has 3 aliphatic heterocycles. The predicted molar refractivity (Wildman–Crippen MR) is 240 cm³/mol. The average molecular weight is 725 g/mol. The molecule has 7 aromatic rings. The Balaban J connectivity index is 1.26. The first kappa shape index (κ1) is 32.9. The van der Waals surface area contributed by atoms with Crippen LogP contribution in [-0.2, 0) is 16.2 Å². The van der Waals surface area contributed by atoms with Crippen LogP contribution in [0.25, 0.3) is 43.8 Å². The minimum Gasteiger partial charge on any atom is -0.376 e. The second kappa shape index (κ2) is 10.6. The molecule has 2 nitrogen and oxygen atoms in total. The van der Waals surface area contributed by atoms with Crippen LogP contribution in [0.4, 0.5) is 22.7 Å². The summed E-state index contributed by atoms with van der Waals surface area (Å²) in [6.07, 6.45) is 4.95. The summed E-state index contributed by atoms with van der Waals surface area (Å²) in [7, 11) is 0. The number of hydrogen-bond donors (Lipinski definition) is 0. The summed E-state index contributed by atoms with van der Waals surface area (Å²) in [6, 6.07) is 47.4. The van der Waals surface area contributed by atoms with Crippen LogP contribution in [0.2, 0.25) is 0 Å². The van der Waals surface area contributed by atoms with E-state index in [1.165, 1.54) is 120 Å². The zero-order valence-electron chi connectivity index (χ0n) is 33.8. The van der Waals surface area contributed by atoms with E-state index in [0.717, 1.165) is 0 Å². The van der Waals surface area contributed by atoms with Crippen molar-refractivity contribution in [3.05, 3.63) is 144 Å². The largest absolute Gasteiger partial charge is 0.376 e. The van der Waals surface area contributed by atoms with Crippen LogP contribution >= 0.6 is 0 Å². The van der Waals surface area contributed by atoms with Crippen molar-refractivity contribution in [2.24, 2.45) is 0 Å². The quantitative estimate of drug-likeness (QED) is 0.156. The van der Waals surface area contributed by atoms with Gasteiger partial charge in [-0.25, -0.2) is 0 Å². The van der Waals surface area contributed by atoms with Crippen molar-refractivity contribution < 1.29 is 0 Å². The predicted octanol–water partition coefficient (Wildman–Crippen LogP) is 12.6. The van der Waals surface area contributed by atoms with E-state index in [0.29, 0.717) is 0 Å². The van der Waals surface area contributed by atoms with Crippen molar-refractivity contribution in [2.75, 3.05) is 9.71 Å². The first-order valence-electron chi connectivity index (χ1n) is 21.0. The number of fused-ring (bicyclic) bond motifs is 14. The van der Waals surface area contributed by atoms with Crippen LogP contribution in [0.3, 0.4) is 0 Å². The average Bonchev–Trinajstić information content (AvgIpc) is 3.56. The van der Waals surface area contributed by atoms with Gasteiger partial charge in [-0.15, -0.1) is 0 Å². The van der Waals surface area contributed by atoms with E-state index in [4.69, 9.17) is 0 Å². The molecule has 0 radical (unpaired) electrons. The minimum absolute atomic E-state index is 0.000339. The molecule has 3 heteroatoms. The van der Waals surface area contributed by atoms with Crippen molar-refractivity contribution in [1.29, 1.82) is 0 Å². The van der Waals surface area contributed by atoms with Crippen molar-refractivity contribution in [1.82, 2.24) is 0 Å². The van der Waals surface area contributed by atoms with E-state index < -0.39 is 0 Å². The zero-order valence-corrected chi connectivity index (χ0v) is 33.8. The van der Waals surface area contributed by atoms with E-state index in [9.17, 15) is 0 Å². The van der Waals surface area contributed by atoms with Gasteiger partial charge in [0.25, 0.3) is 0 Å². The number of benzene rings is 7. The highest BCUT2D eigenvalue weighted by molar-refractivity contribution is 6.94. The van der Waals surface area contributed by atoms with Gasteiger partial charge in [0.2, 0.25) is 0 Å². The second-order valence-electron chi connectivity index (χ2n) is 19.6. The van der Waals surface area contributed by atoms with Gasteiger partial charge in [-0.2, -0.15) is 0 Å². The molecule has 2 aliphatic carbocycles. The second-order valence-corrected chi connectivity index (χ2v) is 19.6. The highest BCUT2D eigenvalue weighted by atomic mass is 15.3. The molecular weight excluding hydrogens is 675 g/mol. The van der Waals surface area contributed by atoms with Crippen LogP contribution in [0.15, 0.2) is 121 Å². The Hall–Kier alpha value is -5.28. The summed E-state index contributed by atoms with van der Waals surface area (Å²) in [5.41, 5.74) is 19.6. The Morgan fingerprint density at radius 1 is 0.554 bits per heavy atom. The van der Waals surface area contributed by atoms with E-state index in [-0.39, 0.29) is 28.6 Å². The summed E-state index contributed by atoms with van der Waals surface area (Å²) in [6.45, 7) is 17.3. The zero-order chi connectivity index (χ0) is 38.1. The van der Waals surface area contributed by atoms with Gasteiger partial charge in [0.05, 0.1) is 5.54 Å². The molecule has 5 aliphatic rings. The van der Waals surface area contributed by atoms with Crippen LogP contribution in [0.1, 0.15) is 96.4 Å². The molecule has 0 spiro atoms. The molecule has 1 saturated carbocycles. The van der Waals surface area contributed by atoms with Gasteiger partial charge < -0.3 is 9.71 Å². The first-order chi connectivity index (χ1) is 26.9. The molecule has 0 aromatic heterocycles. The van der Waals surface area contributed by atoms with Crippen molar-refractivity contribution >= 4 is 62.1 Å². The lowest BCUT2D eigenvalue weighted by Crippen LogP contribution is -2.64. The highest BCUT2D eigenvalue weighted by Gasteiger charge is 2.62. The van der Waals surface area contributed by atoms with Gasteiger partial charge in [0.1, 0.15) is 0 Å². The fourth-order valence-corrected chi connectivity index (χ4v) is 12.3. The van der Waals surface area contributed by atoms with Crippen LogP contribution in [0.5, 0.6) is 0 Å². The smallest absolute Gasteiger partial charge is 0.333 e. The third-order valence-electron chi connectivity index (χ3n) is 15.5. The third-order valence-corrected chi connectivity index (χ3v) is 15.5. The summed E-state index contributed by atoms with van der Waals surface area (Å²) in [4.78, 5) is 5.71. The maximum absolute atomic E-state index is 2.91. The molecule has 274 valence electrons. The Morgan fingerprint density at radius 3 is 2.04 bits per heavy atom. The summed E-state index contributed by atoms with van der Waals surface area (Å²) >= 11 is 0. The highest BCUT2D eigenvalue weighted by Crippen LogP contribution is 2.63. The third kappa shape index (κ3) is 3.85. The normalized spacial score (nSPS) is 22.1. The number of nitrogens with zero attached hydrogens (tertiary/aromatic N) is 2. The summed E-state index contributed by atoms with van der Waals surface area (Å²) < 4.78 is 0. The molecule has 0 saturated heterocycles. The molecule has 12 rings (SSSR count). The minimum atomic E-state index is -0.103. The Labute approximate surface area is 332 Å². The summed E-state index contributed by atoms with van der Waals surface area (Å²) in [5, 5.41) is 5.30. The van der Waals surface area contributed by atoms with E-state index in [2.05, 4.69) is 180 Å². The maximum Gasteiger partial charge on any atom is 0.333 e. The molecule has 2 atom stereocenters. The molecule has 0 bridgehead atoms. The summed E-state index contributed by atoms with van der Waals surface area (Å²) in [5.74, 6) is 0. The number of rotatable bonds is 1. The fourth-order valence-electron chi connectivity index (χ4n) is 12.3. The molecule has 56 heavy (non-hydrogen) atoms. The Bertz CT molecular complexity index is 2890. The molecule has 3 heterocycles. The van der Waals surface area contributed by atoms with Crippen LogP contribution < -0.4 is 20.6 Å². The maximum atomic E-state index is 2.91. The fraction of sp³-hybridized carbons (Fsp3) is 0.283. The van der Waals surface area contributed by atoms with Gasteiger partial charge >= 0.3 is 6.85 Å². The molecule has 1 fully saturated rings.